The zero-order valence-corrected chi connectivity index (χ0v) is 18.3. The minimum atomic E-state index is -0.322. The predicted molar refractivity (Wildman–Crippen MR) is 120 cm³/mol. The van der Waals surface area contributed by atoms with Crippen LogP contribution in [-0.2, 0) is 11.3 Å². The topological polar surface area (TPSA) is 61.4 Å². The highest BCUT2D eigenvalue weighted by molar-refractivity contribution is 7.16. The Bertz CT molecular complexity index is 1260. The van der Waals surface area contributed by atoms with Gasteiger partial charge in [0.25, 0.3) is 5.91 Å². The number of ether oxygens (including phenoxy) is 1. The summed E-state index contributed by atoms with van der Waals surface area (Å²) in [6, 6.07) is 15.4. The number of halogens is 1. The average molecular weight is 441 g/mol. The molecule has 4 rings (SSSR count). The first-order valence-electron chi connectivity index (χ1n) is 9.64. The number of hydrogen-bond acceptors (Lipinski definition) is 4. The fourth-order valence-electron chi connectivity index (χ4n) is 3.24. The first-order chi connectivity index (χ1) is 14.6. The van der Waals surface area contributed by atoms with Crippen LogP contribution in [-0.4, -0.2) is 33.5 Å². The van der Waals surface area contributed by atoms with Crippen molar-refractivity contribution in [2.24, 2.45) is 4.99 Å². The van der Waals surface area contributed by atoms with E-state index in [0.717, 1.165) is 21.6 Å². The lowest BCUT2D eigenvalue weighted by atomic mass is 10.2. The summed E-state index contributed by atoms with van der Waals surface area (Å²) in [5, 5.41) is 5.03. The number of fused-ring (bicyclic) bond motifs is 1. The van der Waals surface area contributed by atoms with E-state index in [9.17, 15) is 4.79 Å². The molecule has 6 nitrogen and oxygen atoms in total. The van der Waals surface area contributed by atoms with Crippen LogP contribution in [0.5, 0.6) is 0 Å². The second kappa shape index (κ2) is 8.95. The molecule has 0 atom stereocenters. The lowest BCUT2D eigenvalue weighted by Crippen LogP contribution is -2.20. The average Bonchev–Trinajstić information content (AvgIpc) is 3.29. The largest absolute Gasteiger partial charge is 0.380 e. The first-order valence-corrected chi connectivity index (χ1v) is 10.8. The van der Waals surface area contributed by atoms with E-state index in [1.807, 2.05) is 66.9 Å². The molecule has 0 N–H and O–H groups in total. The Kier molecular flexibility index (Phi) is 6.13. The van der Waals surface area contributed by atoms with Crippen LogP contribution < -0.4 is 4.80 Å². The molecule has 0 aliphatic rings. The number of amides is 1. The molecule has 2 aromatic heterocycles. The third kappa shape index (κ3) is 4.09. The zero-order chi connectivity index (χ0) is 21.1. The molecule has 1 amide bonds. The van der Waals surface area contributed by atoms with E-state index in [1.165, 1.54) is 11.3 Å². The molecule has 2 heterocycles. The van der Waals surface area contributed by atoms with Crippen LogP contribution in [0.1, 0.15) is 23.0 Å². The second-order valence-electron chi connectivity index (χ2n) is 6.65. The van der Waals surface area contributed by atoms with Crippen LogP contribution in [0.3, 0.4) is 0 Å². The number of rotatable bonds is 6. The van der Waals surface area contributed by atoms with Gasteiger partial charge in [-0.25, -0.2) is 4.68 Å². The van der Waals surface area contributed by atoms with E-state index in [-0.39, 0.29) is 5.91 Å². The fourth-order valence-corrected chi connectivity index (χ4v) is 4.58. The fraction of sp³-hybridized carbons (Fsp3) is 0.227. The molecule has 0 aliphatic carbocycles. The maximum absolute atomic E-state index is 13.0. The Hall–Kier alpha value is -2.74. The van der Waals surface area contributed by atoms with Gasteiger partial charge >= 0.3 is 0 Å². The van der Waals surface area contributed by atoms with Gasteiger partial charge in [-0.15, -0.1) is 0 Å². The standard InChI is InChI=1S/C22H21ClN4O2S/c1-3-29-12-11-26-19-10-9-16(23)13-20(19)30-22(26)25-21(28)18-14-24-27(15(18)2)17-7-5-4-6-8-17/h4-10,13-14H,3,11-12H2,1-2H3. The summed E-state index contributed by atoms with van der Waals surface area (Å²) >= 11 is 7.59. The Balaban J connectivity index is 1.75. The molecule has 2 aromatic carbocycles. The highest BCUT2D eigenvalue weighted by Gasteiger charge is 2.16. The molecular formula is C22H21ClN4O2S. The molecule has 0 bridgehead atoms. The van der Waals surface area contributed by atoms with Crippen LogP contribution in [0.25, 0.3) is 15.9 Å². The van der Waals surface area contributed by atoms with Crippen molar-refractivity contribution < 1.29 is 9.53 Å². The number of benzene rings is 2. The molecule has 0 fully saturated rings. The molecule has 0 saturated heterocycles. The third-order valence-electron chi connectivity index (χ3n) is 4.75. The maximum atomic E-state index is 13.0. The molecule has 0 aliphatic heterocycles. The van der Waals surface area contributed by atoms with Gasteiger partial charge in [0.1, 0.15) is 0 Å². The number of aromatic nitrogens is 3. The SMILES string of the molecule is CCOCCn1c(=NC(=O)c2cnn(-c3ccccc3)c2C)sc2cc(Cl)ccc21. The van der Waals surface area contributed by atoms with Crippen LogP contribution in [0.15, 0.2) is 59.7 Å². The van der Waals surface area contributed by atoms with E-state index >= 15 is 0 Å². The number of hydrogen-bond donors (Lipinski definition) is 0. The normalized spacial score (nSPS) is 12.0. The number of para-hydroxylation sites is 1. The molecule has 154 valence electrons. The van der Waals surface area contributed by atoms with Crippen molar-refractivity contribution in [2.45, 2.75) is 20.4 Å². The van der Waals surface area contributed by atoms with Crippen LogP contribution in [0.2, 0.25) is 5.02 Å². The number of carbonyl (C=O) groups is 1. The van der Waals surface area contributed by atoms with E-state index in [4.69, 9.17) is 16.3 Å². The van der Waals surface area contributed by atoms with E-state index in [1.54, 1.807) is 10.9 Å². The molecule has 30 heavy (non-hydrogen) atoms. The van der Waals surface area contributed by atoms with Gasteiger partial charge in [-0.1, -0.05) is 41.1 Å². The van der Waals surface area contributed by atoms with Crippen molar-refractivity contribution in [3.05, 3.63) is 75.8 Å². The van der Waals surface area contributed by atoms with Gasteiger partial charge in [-0.2, -0.15) is 10.1 Å². The van der Waals surface area contributed by atoms with Gasteiger partial charge in [-0.05, 0) is 44.2 Å². The van der Waals surface area contributed by atoms with Crippen molar-refractivity contribution in [1.82, 2.24) is 14.3 Å². The minimum absolute atomic E-state index is 0.322. The van der Waals surface area contributed by atoms with Gasteiger partial charge in [0.05, 0.1) is 40.0 Å². The Morgan fingerprint density at radius 2 is 2.03 bits per heavy atom. The van der Waals surface area contributed by atoms with Crippen molar-refractivity contribution in [1.29, 1.82) is 0 Å². The molecule has 0 radical (unpaired) electrons. The van der Waals surface area contributed by atoms with Crippen LogP contribution in [0, 0.1) is 6.92 Å². The molecule has 4 aromatic rings. The summed E-state index contributed by atoms with van der Waals surface area (Å²) in [5.41, 5.74) is 3.11. The number of nitrogens with zero attached hydrogens (tertiary/aromatic N) is 4. The summed E-state index contributed by atoms with van der Waals surface area (Å²) in [6.07, 6.45) is 1.57. The van der Waals surface area contributed by atoms with Crippen LogP contribution >= 0.6 is 22.9 Å². The number of carbonyl (C=O) groups excluding carboxylic acids is 1. The summed E-state index contributed by atoms with van der Waals surface area (Å²) in [4.78, 5) is 18.1. The van der Waals surface area contributed by atoms with E-state index in [0.29, 0.717) is 35.1 Å². The highest BCUT2D eigenvalue weighted by atomic mass is 35.5. The summed E-state index contributed by atoms with van der Waals surface area (Å²) in [7, 11) is 0. The summed E-state index contributed by atoms with van der Waals surface area (Å²) in [5.74, 6) is -0.322. The predicted octanol–water partition coefficient (Wildman–Crippen LogP) is 4.63. The van der Waals surface area contributed by atoms with Gasteiger partial charge in [-0.3, -0.25) is 4.79 Å². The Morgan fingerprint density at radius 3 is 2.80 bits per heavy atom. The Morgan fingerprint density at radius 1 is 1.23 bits per heavy atom. The highest BCUT2D eigenvalue weighted by Crippen LogP contribution is 2.22. The molecule has 8 heteroatoms. The maximum Gasteiger partial charge on any atom is 0.283 e. The lowest BCUT2D eigenvalue weighted by molar-refractivity contribution is 0.0996. The van der Waals surface area contributed by atoms with Gasteiger partial charge in [0, 0.05) is 18.2 Å². The van der Waals surface area contributed by atoms with Crippen LogP contribution in [0.4, 0.5) is 0 Å². The minimum Gasteiger partial charge on any atom is -0.380 e. The second-order valence-corrected chi connectivity index (χ2v) is 8.10. The van der Waals surface area contributed by atoms with E-state index in [2.05, 4.69) is 10.1 Å². The molecule has 0 unspecified atom stereocenters. The van der Waals surface area contributed by atoms with Crippen molar-refractivity contribution in [3.8, 4) is 5.69 Å². The number of thiazole rings is 1. The quantitative estimate of drug-likeness (QED) is 0.411. The first kappa shape index (κ1) is 20.5. The zero-order valence-electron chi connectivity index (χ0n) is 16.7. The molecule has 0 spiro atoms. The lowest BCUT2D eigenvalue weighted by Gasteiger charge is -2.05. The van der Waals surface area contributed by atoms with Gasteiger partial charge < -0.3 is 9.30 Å². The monoisotopic (exact) mass is 440 g/mol. The summed E-state index contributed by atoms with van der Waals surface area (Å²) in [6.45, 7) is 5.60. The molecular weight excluding hydrogens is 420 g/mol. The van der Waals surface area contributed by atoms with Crippen molar-refractivity contribution in [3.63, 3.8) is 0 Å². The third-order valence-corrected chi connectivity index (χ3v) is 6.02. The molecule has 0 saturated carbocycles. The smallest absolute Gasteiger partial charge is 0.283 e. The van der Waals surface area contributed by atoms with Crippen molar-refractivity contribution in [2.75, 3.05) is 13.2 Å². The van der Waals surface area contributed by atoms with E-state index < -0.39 is 0 Å². The van der Waals surface area contributed by atoms with Crippen molar-refractivity contribution >= 4 is 39.1 Å². The Labute approximate surface area is 183 Å². The van der Waals surface area contributed by atoms with Gasteiger partial charge in [0.2, 0.25) is 0 Å². The van der Waals surface area contributed by atoms with Gasteiger partial charge in [0.15, 0.2) is 4.80 Å². The summed E-state index contributed by atoms with van der Waals surface area (Å²) < 4.78 is 10.2.